The Bertz CT molecular complexity index is 773. The van der Waals surface area contributed by atoms with E-state index in [9.17, 15) is 4.79 Å². The molecule has 28 heavy (non-hydrogen) atoms. The van der Waals surface area contributed by atoms with Crippen LogP contribution < -0.4 is 19.7 Å². The quantitative estimate of drug-likeness (QED) is 0.758. The van der Waals surface area contributed by atoms with Gasteiger partial charge in [0.25, 0.3) is 0 Å². The number of amides is 1. The van der Waals surface area contributed by atoms with Crippen molar-refractivity contribution in [3.63, 3.8) is 0 Å². The second-order valence-corrected chi connectivity index (χ2v) is 6.65. The molecule has 1 N–H and O–H groups in total. The van der Waals surface area contributed by atoms with Crippen LogP contribution in [-0.2, 0) is 4.79 Å². The van der Waals surface area contributed by atoms with Gasteiger partial charge in [-0.05, 0) is 31.2 Å². The maximum Gasteiger partial charge on any atom is 0.224 e. The number of carbonyl (C=O) groups excluding carboxylic acids is 1. The molecule has 0 atom stereocenters. The highest BCUT2D eigenvalue weighted by atomic mass is 16.5. The molecule has 1 amide bonds. The minimum atomic E-state index is 0.182. The van der Waals surface area contributed by atoms with Crippen LogP contribution in [0.15, 0.2) is 48.5 Å². The first kappa shape index (κ1) is 19.9. The molecule has 1 fully saturated rings. The number of hydrogen-bond donors (Lipinski definition) is 1. The van der Waals surface area contributed by atoms with Gasteiger partial charge in [-0.25, -0.2) is 0 Å². The van der Waals surface area contributed by atoms with Crippen molar-refractivity contribution < 1.29 is 14.3 Å². The van der Waals surface area contributed by atoms with E-state index in [-0.39, 0.29) is 5.91 Å². The molecular formula is C22H29N3O3. The van der Waals surface area contributed by atoms with Crippen molar-refractivity contribution in [1.82, 2.24) is 4.90 Å². The number of benzene rings is 2. The number of piperazine rings is 1. The van der Waals surface area contributed by atoms with Crippen molar-refractivity contribution in [2.24, 2.45) is 0 Å². The summed E-state index contributed by atoms with van der Waals surface area (Å²) in [5, 5.41) is 3.32. The number of nitrogens with zero attached hydrogens (tertiary/aromatic N) is 2. The molecule has 0 aliphatic carbocycles. The van der Waals surface area contributed by atoms with Crippen LogP contribution in [0, 0.1) is 0 Å². The predicted molar refractivity (Wildman–Crippen MR) is 113 cm³/mol. The van der Waals surface area contributed by atoms with Crippen molar-refractivity contribution in [2.45, 2.75) is 13.3 Å². The molecule has 1 aliphatic rings. The second-order valence-electron chi connectivity index (χ2n) is 6.65. The lowest BCUT2D eigenvalue weighted by Gasteiger charge is -2.36. The van der Waals surface area contributed by atoms with Crippen LogP contribution in [0.2, 0.25) is 0 Å². The number of hydrogen-bond acceptors (Lipinski definition) is 5. The molecule has 1 aliphatic heterocycles. The van der Waals surface area contributed by atoms with E-state index in [4.69, 9.17) is 9.47 Å². The van der Waals surface area contributed by atoms with Crippen molar-refractivity contribution >= 4 is 17.3 Å². The third-order valence-corrected chi connectivity index (χ3v) is 4.90. The molecule has 6 nitrogen and oxygen atoms in total. The van der Waals surface area contributed by atoms with E-state index in [2.05, 4.69) is 16.3 Å². The van der Waals surface area contributed by atoms with Gasteiger partial charge < -0.3 is 24.6 Å². The van der Waals surface area contributed by atoms with Gasteiger partial charge in [-0.3, -0.25) is 4.79 Å². The minimum absolute atomic E-state index is 0.182. The highest BCUT2D eigenvalue weighted by Gasteiger charge is 2.22. The lowest BCUT2D eigenvalue weighted by atomic mass is 10.2. The summed E-state index contributed by atoms with van der Waals surface area (Å²) in [7, 11) is 1.69. The number of ether oxygens (including phenoxy) is 2. The van der Waals surface area contributed by atoms with Gasteiger partial charge in [0.05, 0.1) is 25.1 Å². The molecule has 1 saturated heterocycles. The lowest BCUT2D eigenvalue weighted by Crippen LogP contribution is -2.49. The number of nitrogens with one attached hydrogen (secondary N) is 1. The third kappa shape index (κ3) is 4.88. The van der Waals surface area contributed by atoms with Crippen LogP contribution in [0.25, 0.3) is 0 Å². The fourth-order valence-corrected chi connectivity index (χ4v) is 3.44. The Kier molecular flexibility index (Phi) is 7.00. The predicted octanol–water partition coefficient (Wildman–Crippen LogP) is 3.24. The first-order chi connectivity index (χ1) is 13.7. The Labute approximate surface area is 167 Å². The monoisotopic (exact) mass is 383 g/mol. The number of rotatable bonds is 8. The number of methoxy groups -OCH3 is 1. The Hall–Kier alpha value is -2.89. The molecule has 0 spiro atoms. The van der Waals surface area contributed by atoms with Gasteiger partial charge in [-0.1, -0.05) is 24.3 Å². The largest absolute Gasteiger partial charge is 0.495 e. The molecule has 0 unspecified atom stereocenters. The first-order valence-corrected chi connectivity index (χ1v) is 9.84. The van der Waals surface area contributed by atoms with Gasteiger partial charge in [0.15, 0.2) is 0 Å². The van der Waals surface area contributed by atoms with Crippen molar-refractivity contribution in [1.29, 1.82) is 0 Å². The van der Waals surface area contributed by atoms with Crippen LogP contribution in [0.3, 0.4) is 0 Å². The van der Waals surface area contributed by atoms with E-state index in [1.165, 1.54) is 0 Å². The first-order valence-electron chi connectivity index (χ1n) is 9.84. The van der Waals surface area contributed by atoms with Crippen LogP contribution in [0.4, 0.5) is 11.4 Å². The minimum Gasteiger partial charge on any atom is -0.495 e. The summed E-state index contributed by atoms with van der Waals surface area (Å²) >= 11 is 0. The van der Waals surface area contributed by atoms with E-state index >= 15 is 0 Å². The summed E-state index contributed by atoms with van der Waals surface area (Å²) in [6, 6.07) is 15.8. The number of anilines is 2. The number of para-hydroxylation sites is 4. The average molecular weight is 383 g/mol. The van der Waals surface area contributed by atoms with Crippen LogP contribution in [0.1, 0.15) is 13.3 Å². The standard InChI is InChI=1S/C22H29N3O3/c1-3-28-20-10-6-4-8-18(20)23-13-12-22(26)25-16-14-24(15-17-25)19-9-5-7-11-21(19)27-2/h4-11,23H,3,12-17H2,1-2H3. The third-order valence-electron chi connectivity index (χ3n) is 4.90. The molecule has 0 bridgehead atoms. The highest BCUT2D eigenvalue weighted by Crippen LogP contribution is 2.28. The fraction of sp³-hybridized carbons (Fsp3) is 0.409. The van der Waals surface area contributed by atoms with Gasteiger partial charge in [-0.2, -0.15) is 0 Å². The Morgan fingerprint density at radius 3 is 2.39 bits per heavy atom. The molecule has 2 aromatic rings. The maximum atomic E-state index is 12.6. The summed E-state index contributed by atoms with van der Waals surface area (Å²) in [4.78, 5) is 16.8. The Morgan fingerprint density at radius 1 is 1.00 bits per heavy atom. The van der Waals surface area contributed by atoms with Crippen LogP contribution in [0.5, 0.6) is 11.5 Å². The van der Waals surface area contributed by atoms with Crippen molar-refractivity contribution in [3.05, 3.63) is 48.5 Å². The van der Waals surface area contributed by atoms with Crippen LogP contribution >= 0.6 is 0 Å². The molecule has 150 valence electrons. The van der Waals surface area contributed by atoms with E-state index in [0.717, 1.165) is 49.1 Å². The fourth-order valence-electron chi connectivity index (χ4n) is 3.44. The molecule has 0 radical (unpaired) electrons. The van der Waals surface area contributed by atoms with E-state index < -0.39 is 0 Å². The molecule has 2 aromatic carbocycles. The summed E-state index contributed by atoms with van der Waals surface area (Å²) in [6.07, 6.45) is 0.467. The van der Waals surface area contributed by atoms with Gasteiger partial charge in [-0.15, -0.1) is 0 Å². The van der Waals surface area contributed by atoms with Gasteiger partial charge in [0, 0.05) is 39.1 Å². The molecular weight excluding hydrogens is 354 g/mol. The SMILES string of the molecule is CCOc1ccccc1NCCC(=O)N1CCN(c2ccccc2OC)CC1. The molecule has 0 aromatic heterocycles. The lowest BCUT2D eigenvalue weighted by molar-refractivity contribution is -0.131. The van der Waals surface area contributed by atoms with E-state index in [0.29, 0.717) is 19.6 Å². The average Bonchev–Trinajstić information content (AvgIpc) is 2.75. The summed E-state index contributed by atoms with van der Waals surface area (Å²) < 4.78 is 11.1. The molecule has 6 heteroatoms. The van der Waals surface area contributed by atoms with Gasteiger partial charge in [0.2, 0.25) is 5.91 Å². The van der Waals surface area contributed by atoms with Gasteiger partial charge >= 0.3 is 0 Å². The summed E-state index contributed by atoms with van der Waals surface area (Å²) in [6.45, 7) is 6.26. The maximum absolute atomic E-state index is 12.6. The topological polar surface area (TPSA) is 54.0 Å². The zero-order chi connectivity index (χ0) is 19.8. The normalized spacial score (nSPS) is 13.9. The summed E-state index contributed by atoms with van der Waals surface area (Å²) in [5.74, 6) is 1.88. The smallest absolute Gasteiger partial charge is 0.224 e. The molecule has 1 heterocycles. The highest BCUT2D eigenvalue weighted by molar-refractivity contribution is 5.77. The van der Waals surface area contributed by atoms with Crippen molar-refractivity contribution in [3.8, 4) is 11.5 Å². The van der Waals surface area contributed by atoms with Gasteiger partial charge in [0.1, 0.15) is 11.5 Å². The molecule has 3 rings (SSSR count). The van der Waals surface area contributed by atoms with E-state index in [1.54, 1.807) is 7.11 Å². The second kappa shape index (κ2) is 9.88. The Morgan fingerprint density at radius 2 is 1.68 bits per heavy atom. The zero-order valence-electron chi connectivity index (χ0n) is 16.7. The van der Waals surface area contributed by atoms with E-state index in [1.807, 2.05) is 54.3 Å². The Balaban J connectivity index is 1.47. The summed E-state index contributed by atoms with van der Waals surface area (Å²) in [5.41, 5.74) is 2.02. The van der Waals surface area contributed by atoms with Crippen molar-refractivity contribution in [2.75, 3.05) is 56.7 Å². The zero-order valence-corrected chi connectivity index (χ0v) is 16.7. The van der Waals surface area contributed by atoms with Crippen LogP contribution in [-0.4, -0.2) is 57.2 Å². The molecule has 0 saturated carbocycles. The number of carbonyl (C=O) groups is 1.